The first-order valence-corrected chi connectivity index (χ1v) is 13.8. The number of rotatable bonds is 6. The Kier molecular flexibility index (Phi) is 6.82. The van der Waals surface area contributed by atoms with E-state index >= 15 is 0 Å². The number of aryl methyl sites for hydroxylation is 2. The van der Waals surface area contributed by atoms with Crippen molar-refractivity contribution in [1.82, 2.24) is 0 Å². The van der Waals surface area contributed by atoms with Crippen molar-refractivity contribution in [3.05, 3.63) is 112 Å². The molecule has 4 atom stereocenters. The predicted octanol–water partition coefficient (Wildman–Crippen LogP) is 9.77. The second kappa shape index (κ2) is 9.89. The second-order valence-electron chi connectivity index (χ2n) is 11.9. The topological polar surface area (TPSA) is 0 Å². The summed E-state index contributed by atoms with van der Waals surface area (Å²) >= 11 is 0. The summed E-state index contributed by atoms with van der Waals surface area (Å²) in [5, 5.41) is 0. The molecular formula is C36H42. The predicted molar refractivity (Wildman–Crippen MR) is 157 cm³/mol. The molecule has 2 unspecified atom stereocenters. The molecule has 0 nitrogen and oxygen atoms in total. The summed E-state index contributed by atoms with van der Waals surface area (Å²) in [7, 11) is 0. The summed E-state index contributed by atoms with van der Waals surface area (Å²) in [6, 6.07) is 11.7. The lowest BCUT2D eigenvalue weighted by atomic mass is 9.77. The number of allylic oxidation sites excluding steroid dienone is 6. The van der Waals surface area contributed by atoms with Crippen molar-refractivity contribution in [3.63, 3.8) is 0 Å². The Labute approximate surface area is 219 Å². The molecule has 1 fully saturated rings. The fourth-order valence-electron chi connectivity index (χ4n) is 6.91. The quantitative estimate of drug-likeness (QED) is 0.365. The Morgan fingerprint density at radius 3 is 2.58 bits per heavy atom. The van der Waals surface area contributed by atoms with Crippen LogP contribution in [0.1, 0.15) is 67.3 Å². The maximum Gasteiger partial charge on any atom is 0.00826 e. The minimum Gasteiger partial charge on any atom is -0.0999 e. The molecule has 1 saturated carbocycles. The molecule has 0 saturated heterocycles. The van der Waals surface area contributed by atoms with Crippen LogP contribution in [-0.4, -0.2) is 0 Å². The van der Waals surface area contributed by atoms with Crippen molar-refractivity contribution < 1.29 is 0 Å². The molecular weight excluding hydrogens is 432 g/mol. The molecule has 2 aromatic carbocycles. The summed E-state index contributed by atoms with van der Waals surface area (Å²) in [5.74, 6) is 2.25. The first-order chi connectivity index (χ1) is 17.2. The zero-order valence-corrected chi connectivity index (χ0v) is 22.8. The van der Waals surface area contributed by atoms with Gasteiger partial charge < -0.3 is 0 Å². The van der Waals surface area contributed by atoms with Crippen LogP contribution in [0.4, 0.5) is 0 Å². The normalized spacial score (nSPS) is 25.3. The fraction of sp³-hybridized carbons (Fsp3) is 0.389. The van der Waals surface area contributed by atoms with Gasteiger partial charge in [0, 0.05) is 5.92 Å². The molecule has 0 spiro atoms. The van der Waals surface area contributed by atoms with Gasteiger partial charge in [-0.25, -0.2) is 0 Å². The van der Waals surface area contributed by atoms with Crippen LogP contribution in [0.2, 0.25) is 0 Å². The largest absolute Gasteiger partial charge is 0.0999 e. The van der Waals surface area contributed by atoms with Crippen LogP contribution in [0.3, 0.4) is 0 Å². The lowest BCUT2D eigenvalue weighted by Crippen LogP contribution is -2.15. The van der Waals surface area contributed by atoms with Gasteiger partial charge >= 0.3 is 0 Å². The van der Waals surface area contributed by atoms with E-state index in [1.54, 1.807) is 5.56 Å². The van der Waals surface area contributed by atoms with E-state index in [1.165, 1.54) is 81.4 Å². The standard InChI is InChI=1S/C36H42/c1-22(2)30-14-13-28(17-30)19-34-26(6)15-23(3)16-36(34)32-10-8-9-31-18-29(21-35(31)32)20-33-25(5)12-11-24(4)27(33)7/h8-12,15-16,18,24,28,30,33H,1,5,7,13-14,17,19-21H2,2-4,6H3/t24?,28-,30+,33?/m1/s1. The van der Waals surface area contributed by atoms with Gasteiger partial charge in [-0.3, -0.25) is 0 Å². The Balaban J connectivity index is 1.44. The number of benzene rings is 2. The Morgan fingerprint density at radius 2 is 1.83 bits per heavy atom. The fourth-order valence-corrected chi connectivity index (χ4v) is 6.91. The molecule has 0 N–H and O–H groups in total. The van der Waals surface area contributed by atoms with E-state index in [0.29, 0.717) is 17.8 Å². The van der Waals surface area contributed by atoms with E-state index in [1.807, 2.05) is 0 Å². The molecule has 0 aliphatic heterocycles. The van der Waals surface area contributed by atoms with Gasteiger partial charge in [0.05, 0.1) is 0 Å². The zero-order valence-electron chi connectivity index (χ0n) is 22.8. The molecule has 0 heterocycles. The third-order valence-corrected chi connectivity index (χ3v) is 9.16. The minimum absolute atomic E-state index is 0.356. The van der Waals surface area contributed by atoms with E-state index < -0.39 is 0 Å². The van der Waals surface area contributed by atoms with Crippen LogP contribution >= 0.6 is 0 Å². The smallest absolute Gasteiger partial charge is 0.00826 e. The maximum absolute atomic E-state index is 4.43. The summed E-state index contributed by atoms with van der Waals surface area (Å²) in [6.07, 6.45) is 14.1. The van der Waals surface area contributed by atoms with Gasteiger partial charge in [-0.05, 0) is 116 Å². The van der Waals surface area contributed by atoms with Crippen LogP contribution in [0.5, 0.6) is 0 Å². The van der Waals surface area contributed by atoms with E-state index in [0.717, 1.165) is 18.8 Å². The molecule has 2 aromatic rings. The van der Waals surface area contributed by atoms with Crippen LogP contribution in [0, 0.1) is 37.5 Å². The molecule has 0 amide bonds. The van der Waals surface area contributed by atoms with Crippen molar-refractivity contribution in [2.45, 2.75) is 66.2 Å². The van der Waals surface area contributed by atoms with Crippen molar-refractivity contribution in [3.8, 4) is 11.1 Å². The van der Waals surface area contributed by atoms with Crippen molar-refractivity contribution in [1.29, 1.82) is 0 Å². The van der Waals surface area contributed by atoms with Crippen LogP contribution < -0.4 is 0 Å². The molecule has 0 heteroatoms. The highest BCUT2D eigenvalue weighted by Crippen LogP contribution is 2.43. The van der Waals surface area contributed by atoms with Crippen molar-refractivity contribution in [2.24, 2.45) is 23.7 Å². The Bertz CT molecular complexity index is 1290. The van der Waals surface area contributed by atoms with Gasteiger partial charge in [0.1, 0.15) is 0 Å². The average molecular weight is 475 g/mol. The molecule has 3 aliphatic rings. The molecule has 3 aliphatic carbocycles. The summed E-state index contributed by atoms with van der Waals surface area (Å²) in [4.78, 5) is 0. The second-order valence-corrected chi connectivity index (χ2v) is 11.9. The Morgan fingerprint density at radius 1 is 1.03 bits per heavy atom. The third kappa shape index (κ3) is 4.75. The van der Waals surface area contributed by atoms with Gasteiger partial charge in [0.25, 0.3) is 0 Å². The van der Waals surface area contributed by atoms with Gasteiger partial charge in [-0.15, -0.1) is 0 Å². The van der Waals surface area contributed by atoms with Crippen molar-refractivity contribution >= 4 is 6.08 Å². The SMILES string of the molecule is C=C1C=CC(C)C(=C)C1CC1=Cc2cccc(-c3cc(C)cc(C)c3C[C@@H]3CC[C@H](C(=C)C)C3)c2C1. The Hall–Kier alpha value is -2.86. The first kappa shape index (κ1) is 24.8. The molecule has 5 rings (SSSR count). The zero-order chi connectivity index (χ0) is 25.6. The number of fused-ring (bicyclic) bond motifs is 1. The highest BCUT2D eigenvalue weighted by atomic mass is 14.3. The third-order valence-electron chi connectivity index (χ3n) is 9.16. The maximum atomic E-state index is 4.43. The van der Waals surface area contributed by atoms with Crippen molar-refractivity contribution in [2.75, 3.05) is 0 Å². The van der Waals surface area contributed by atoms with Gasteiger partial charge in [-0.1, -0.05) is 97.5 Å². The lowest BCUT2D eigenvalue weighted by Gasteiger charge is -2.28. The number of hydrogen-bond acceptors (Lipinski definition) is 0. The molecule has 186 valence electrons. The van der Waals surface area contributed by atoms with Gasteiger partial charge in [0.2, 0.25) is 0 Å². The lowest BCUT2D eigenvalue weighted by molar-refractivity contribution is 0.522. The highest BCUT2D eigenvalue weighted by Gasteiger charge is 2.29. The summed E-state index contributed by atoms with van der Waals surface area (Å²) < 4.78 is 0. The summed E-state index contributed by atoms with van der Waals surface area (Å²) in [5.41, 5.74) is 15.5. The monoisotopic (exact) mass is 474 g/mol. The minimum atomic E-state index is 0.356. The van der Waals surface area contributed by atoms with E-state index in [-0.39, 0.29) is 0 Å². The van der Waals surface area contributed by atoms with Crippen LogP contribution in [0.25, 0.3) is 17.2 Å². The molecule has 0 aromatic heterocycles. The average Bonchev–Trinajstić information content (AvgIpc) is 3.47. The molecule has 36 heavy (non-hydrogen) atoms. The number of hydrogen-bond donors (Lipinski definition) is 0. The summed E-state index contributed by atoms with van der Waals surface area (Å²) in [6.45, 7) is 22.1. The highest BCUT2D eigenvalue weighted by molar-refractivity contribution is 5.80. The van der Waals surface area contributed by atoms with Crippen LogP contribution in [-0.2, 0) is 12.8 Å². The van der Waals surface area contributed by atoms with Gasteiger partial charge in [0.15, 0.2) is 0 Å². The molecule has 0 radical (unpaired) electrons. The first-order valence-electron chi connectivity index (χ1n) is 13.8. The van der Waals surface area contributed by atoms with E-state index in [2.05, 4.69) is 96.0 Å². The molecule has 0 bridgehead atoms. The van der Waals surface area contributed by atoms with E-state index in [9.17, 15) is 0 Å². The van der Waals surface area contributed by atoms with Crippen LogP contribution in [0.15, 0.2) is 84.5 Å². The van der Waals surface area contributed by atoms with Gasteiger partial charge in [-0.2, -0.15) is 0 Å². The van der Waals surface area contributed by atoms with E-state index in [4.69, 9.17) is 0 Å².